The molecular formula is C22H22F2NiS6-4. The maximum absolute atomic E-state index is 13.1. The second-order valence-corrected chi connectivity index (χ2v) is 11.9. The number of hydrogen-bond donors (Lipinski definition) is 0. The molecule has 0 radical (unpaired) electrons. The van der Waals surface area contributed by atoms with E-state index in [1.54, 1.807) is 47.8 Å². The summed E-state index contributed by atoms with van der Waals surface area (Å²) in [4.78, 5) is 0.685. The normalized spacial score (nSPS) is 12.4. The van der Waals surface area contributed by atoms with Crippen LogP contribution in [0.25, 0.3) is 9.81 Å². The van der Waals surface area contributed by atoms with Gasteiger partial charge in [-0.25, -0.2) is 8.78 Å². The van der Waals surface area contributed by atoms with Crippen molar-refractivity contribution in [1.82, 2.24) is 0 Å². The summed E-state index contributed by atoms with van der Waals surface area (Å²) in [5, 5.41) is 1.06. The van der Waals surface area contributed by atoms with Gasteiger partial charge in [-0.3, -0.25) is 0 Å². The molecule has 0 nitrogen and oxygen atoms in total. The van der Waals surface area contributed by atoms with Crippen molar-refractivity contribution in [2.45, 2.75) is 38.2 Å². The number of thioether (sulfide) groups is 2. The van der Waals surface area contributed by atoms with Gasteiger partial charge in [0.1, 0.15) is 11.6 Å². The third-order valence-electron chi connectivity index (χ3n) is 3.23. The van der Waals surface area contributed by atoms with E-state index in [0.717, 1.165) is 8.47 Å². The molecule has 0 N–H and O–H groups in total. The van der Waals surface area contributed by atoms with Crippen molar-refractivity contribution in [1.29, 1.82) is 0 Å². The maximum Gasteiger partial charge on any atom is 0.123 e. The van der Waals surface area contributed by atoms with Gasteiger partial charge in [0.15, 0.2) is 0 Å². The zero-order chi connectivity index (χ0) is 22.8. The molecule has 2 aromatic rings. The van der Waals surface area contributed by atoms with E-state index in [-0.39, 0.29) is 28.1 Å². The fraction of sp³-hybridized carbons (Fsp3) is 0.273. The fourth-order valence-corrected chi connectivity index (χ4v) is 5.32. The first-order valence-electron chi connectivity index (χ1n) is 9.03. The van der Waals surface area contributed by atoms with Gasteiger partial charge in [-0.15, -0.1) is 0 Å². The minimum atomic E-state index is -0.378. The predicted octanol–water partition coefficient (Wildman–Crippen LogP) is 7.37. The maximum atomic E-state index is 13.1. The summed E-state index contributed by atoms with van der Waals surface area (Å²) in [6.07, 6.45) is 0. The molecule has 0 aliphatic heterocycles. The standard InChI is InChI=1S/C14H10F2S2.C8H16S4.Ni/c15-11-5-1-3-9(7-11)13(17)14(18)10-4-2-6-12(16)8-10;1-5(2)11-7(9)8(10)12-6(3)4;/h1-8,17-18H;5-6,9-10H,1-4H3;/p-4/b14-13-;8-7-;. The van der Waals surface area contributed by atoms with Crippen LogP contribution in [-0.2, 0) is 67.0 Å². The molecule has 0 heterocycles. The van der Waals surface area contributed by atoms with Crippen LogP contribution >= 0.6 is 23.5 Å². The van der Waals surface area contributed by atoms with Crippen LogP contribution in [0.3, 0.4) is 0 Å². The molecule has 2 rings (SSSR count). The summed E-state index contributed by atoms with van der Waals surface area (Å²) in [6.45, 7) is 8.50. The number of halogens is 2. The Bertz CT molecular complexity index is 826. The van der Waals surface area contributed by atoms with Gasteiger partial charge in [-0.2, -0.15) is 41.8 Å². The molecule has 0 aliphatic carbocycles. The SMILES string of the molecule is CC(C)S/C([S-])=C(/[S-])SC(C)C.Fc1cccc(/C([S-])=C(/[S-])c2cccc(F)c2)c1.[Ni]. The van der Waals surface area contributed by atoms with Gasteiger partial charge in [0.2, 0.25) is 0 Å². The molecular weight excluding hydrogens is 553 g/mol. The number of rotatable bonds is 6. The quantitative estimate of drug-likeness (QED) is 0.199. The molecule has 9 heteroatoms. The molecule has 0 saturated heterocycles. The molecule has 0 aromatic heterocycles. The molecule has 2 aromatic carbocycles. The molecule has 174 valence electrons. The van der Waals surface area contributed by atoms with Crippen molar-refractivity contribution in [3.05, 3.63) is 79.8 Å². The molecule has 0 fully saturated rings. The average molecular weight is 576 g/mol. The van der Waals surface area contributed by atoms with E-state index in [9.17, 15) is 8.78 Å². The fourth-order valence-electron chi connectivity index (χ4n) is 2.05. The first-order chi connectivity index (χ1) is 14.0. The van der Waals surface area contributed by atoms with Gasteiger partial charge in [-0.1, -0.05) is 52.0 Å². The topological polar surface area (TPSA) is 0 Å². The average Bonchev–Trinajstić information content (AvgIpc) is 2.66. The molecule has 0 amide bonds. The van der Waals surface area contributed by atoms with Crippen LogP contribution in [0, 0.1) is 11.6 Å². The van der Waals surface area contributed by atoms with Gasteiger partial charge in [0, 0.05) is 27.0 Å². The summed E-state index contributed by atoms with van der Waals surface area (Å²) in [5.41, 5.74) is 1.05. The summed E-state index contributed by atoms with van der Waals surface area (Å²) in [6, 6.07) is 11.8. The Morgan fingerprint density at radius 1 is 0.677 bits per heavy atom. The Labute approximate surface area is 225 Å². The molecule has 0 spiro atoms. The zero-order valence-electron chi connectivity index (χ0n) is 17.3. The molecule has 0 bridgehead atoms. The number of benzene rings is 2. The first-order valence-corrected chi connectivity index (χ1v) is 12.4. The van der Waals surface area contributed by atoms with Crippen LogP contribution in [0.4, 0.5) is 8.78 Å². The van der Waals surface area contributed by atoms with Gasteiger partial charge in [0.25, 0.3) is 0 Å². The first kappa shape index (κ1) is 30.9. The largest absolute Gasteiger partial charge is 0.781 e. The second-order valence-electron chi connectivity index (χ2n) is 6.59. The van der Waals surface area contributed by atoms with E-state index < -0.39 is 0 Å². The van der Waals surface area contributed by atoms with E-state index in [4.69, 9.17) is 50.5 Å². The van der Waals surface area contributed by atoms with Crippen molar-refractivity contribution >= 4 is 83.8 Å². The Kier molecular flexibility index (Phi) is 15.6. The monoisotopic (exact) mass is 574 g/mol. The second kappa shape index (κ2) is 15.6. The minimum absolute atomic E-state index is 0. The van der Waals surface area contributed by atoms with Crippen LogP contribution in [0.15, 0.2) is 57.0 Å². The van der Waals surface area contributed by atoms with E-state index in [1.165, 1.54) is 24.3 Å². The van der Waals surface area contributed by atoms with Crippen molar-refractivity contribution in [2.75, 3.05) is 0 Å². The molecule has 0 aliphatic rings. The van der Waals surface area contributed by atoms with Crippen LogP contribution < -0.4 is 0 Å². The zero-order valence-corrected chi connectivity index (χ0v) is 23.2. The summed E-state index contributed by atoms with van der Waals surface area (Å²) < 4.78 is 27.9. The van der Waals surface area contributed by atoms with Crippen molar-refractivity contribution in [3.8, 4) is 0 Å². The van der Waals surface area contributed by atoms with Gasteiger partial charge >= 0.3 is 0 Å². The summed E-state index contributed by atoms with van der Waals surface area (Å²) in [7, 11) is 0. The molecule has 31 heavy (non-hydrogen) atoms. The predicted molar refractivity (Wildman–Crippen MR) is 142 cm³/mol. The number of hydrogen-bond acceptors (Lipinski definition) is 6. The summed E-state index contributed by atoms with van der Waals surface area (Å²) >= 11 is 24.1. The van der Waals surface area contributed by atoms with E-state index in [1.807, 2.05) is 0 Å². The third kappa shape index (κ3) is 12.0. The van der Waals surface area contributed by atoms with Crippen molar-refractivity contribution < 1.29 is 25.3 Å². The van der Waals surface area contributed by atoms with Crippen LogP contribution in [0.1, 0.15) is 38.8 Å². The van der Waals surface area contributed by atoms with Crippen LogP contribution in [0.2, 0.25) is 0 Å². The van der Waals surface area contributed by atoms with Gasteiger partial charge < -0.3 is 50.5 Å². The van der Waals surface area contributed by atoms with E-state index >= 15 is 0 Å². The van der Waals surface area contributed by atoms with Crippen LogP contribution in [-0.4, -0.2) is 10.5 Å². The molecule has 0 unspecified atom stereocenters. The third-order valence-corrected chi connectivity index (χ3v) is 7.52. The van der Waals surface area contributed by atoms with Gasteiger partial charge in [0.05, 0.1) is 0 Å². The molecule has 0 atom stereocenters. The van der Waals surface area contributed by atoms with Crippen LogP contribution in [0.5, 0.6) is 0 Å². The molecule has 0 saturated carbocycles. The van der Waals surface area contributed by atoms with Gasteiger partial charge in [-0.05, 0) is 35.4 Å². The van der Waals surface area contributed by atoms with Crippen molar-refractivity contribution in [2.24, 2.45) is 0 Å². The Balaban J connectivity index is 0.000000612. The minimum Gasteiger partial charge on any atom is -0.781 e. The van der Waals surface area contributed by atoms with Crippen molar-refractivity contribution in [3.63, 3.8) is 0 Å². The van der Waals surface area contributed by atoms with E-state index in [0.29, 0.717) is 31.4 Å². The Morgan fingerprint density at radius 2 is 1.00 bits per heavy atom. The smallest absolute Gasteiger partial charge is 0.123 e. The van der Waals surface area contributed by atoms with E-state index in [2.05, 4.69) is 27.7 Å². The summed E-state index contributed by atoms with van der Waals surface area (Å²) in [5.74, 6) is -0.756. The Hall–Kier alpha value is -0.146. The Morgan fingerprint density at radius 3 is 1.26 bits per heavy atom.